The van der Waals surface area contributed by atoms with Crippen molar-refractivity contribution in [1.82, 2.24) is 25.3 Å². The lowest BCUT2D eigenvalue weighted by molar-refractivity contribution is -0.125. The quantitative estimate of drug-likeness (QED) is 0.793. The summed E-state index contributed by atoms with van der Waals surface area (Å²) in [6.45, 7) is 6.78. The van der Waals surface area contributed by atoms with E-state index in [4.69, 9.17) is 0 Å². The Balaban J connectivity index is 1.29. The number of nitrogens with zero attached hydrogens (tertiary/aromatic N) is 6. The molecule has 2 aromatic heterocycles. The molecule has 2 aromatic rings. The van der Waals surface area contributed by atoms with Gasteiger partial charge in [0.2, 0.25) is 22.1 Å². The van der Waals surface area contributed by atoms with Crippen LogP contribution in [0.1, 0.15) is 42.6 Å². The van der Waals surface area contributed by atoms with Crippen molar-refractivity contribution in [2.45, 2.75) is 46.1 Å². The molecule has 0 bridgehead atoms. The highest BCUT2D eigenvalue weighted by Gasteiger charge is 2.29. The molecule has 2 amide bonds. The topological polar surface area (TPSA) is 96.2 Å². The van der Waals surface area contributed by atoms with Gasteiger partial charge in [0.25, 0.3) is 0 Å². The van der Waals surface area contributed by atoms with E-state index in [-0.39, 0.29) is 17.7 Å². The summed E-state index contributed by atoms with van der Waals surface area (Å²) in [7, 11) is 1.92. The minimum atomic E-state index is 0.0103. The predicted molar refractivity (Wildman–Crippen MR) is 111 cm³/mol. The summed E-state index contributed by atoms with van der Waals surface area (Å²) in [5, 5.41) is 17.5. The molecule has 1 N–H and O–H groups in total. The maximum atomic E-state index is 12.6. The number of nitrogens with one attached hydrogen (secondary N) is 1. The molecule has 0 aliphatic carbocycles. The van der Waals surface area contributed by atoms with Gasteiger partial charge in [0.1, 0.15) is 0 Å². The molecule has 0 unspecified atom stereocenters. The molecular weight excluding hydrogens is 390 g/mol. The van der Waals surface area contributed by atoms with Crippen molar-refractivity contribution in [2.24, 2.45) is 13.0 Å². The number of aromatic nitrogens is 4. The summed E-state index contributed by atoms with van der Waals surface area (Å²) in [6.07, 6.45) is 3.04. The first-order valence-corrected chi connectivity index (χ1v) is 10.9. The van der Waals surface area contributed by atoms with Gasteiger partial charge in [-0.3, -0.25) is 19.2 Å². The largest absolute Gasteiger partial charge is 0.352 e. The molecule has 156 valence electrons. The van der Waals surface area contributed by atoms with Gasteiger partial charge in [-0.1, -0.05) is 11.3 Å². The second kappa shape index (κ2) is 8.10. The Morgan fingerprint density at radius 1 is 1.17 bits per heavy atom. The van der Waals surface area contributed by atoms with E-state index >= 15 is 0 Å². The Hall–Kier alpha value is -2.49. The Morgan fingerprint density at radius 2 is 1.90 bits per heavy atom. The third-order valence-corrected chi connectivity index (χ3v) is 6.95. The lowest BCUT2D eigenvalue weighted by atomic mass is 9.96. The van der Waals surface area contributed by atoms with Crippen molar-refractivity contribution >= 4 is 33.4 Å². The summed E-state index contributed by atoms with van der Waals surface area (Å²) >= 11 is 1.46. The zero-order valence-corrected chi connectivity index (χ0v) is 18.0. The lowest BCUT2D eigenvalue weighted by Gasteiger charge is -2.30. The first-order valence-electron chi connectivity index (χ1n) is 10.1. The normalized spacial score (nSPS) is 18.0. The fraction of sp³-hybridized carbons (Fsp3) is 0.632. The van der Waals surface area contributed by atoms with Crippen LogP contribution in [0.2, 0.25) is 0 Å². The number of carbonyl (C=O) groups excluding carboxylic acids is 2. The van der Waals surface area contributed by atoms with Crippen molar-refractivity contribution in [3.8, 4) is 0 Å². The smallest absolute Gasteiger partial charge is 0.228 e. The average molecular weight is 418 g/mol. The van der Waals surface area contributed by atoms with Crippen molar-refractivity contribution < 1.29 is 9.59 Å². The summed E-state index contributed by atoms with van der Waals surface area (Å²) < 4.78 is 1.85. The van der Waals surface area contributed by atoms with Crippen molar-refractivity contribution in [2.75, 3.05) is 29.4 Å². The van der Waals surface area contributed by atoms with Gasteiger partial charge in [-0.25, -0.2) is 0 Å². The van der Waals surface area contributed by atoms with Crippen molar-refractivity contribution in [3.05, 3.63) is 17.0 Å². The highest BCUT2D eigenvalue weighted by molar-refractivity contribution is 7.19. The molecular formula is C19H27N7O2S. The summed E-state index contributed by atoms with van der Waals surface area (Å²) in [5.41, 5.74) is 3.14. The van der Waals surface area contributed by atoms with Gasteiger partial charge >= 0.3 is 0 Å². The van der Waals surface area contributed by atoms with Gasteiger partial charge in [0, 0.05) is 56.8 Å². The van der Waals surface area contributed by atoms with E-state index in [1.807, 2.05) is 25.6 Å². The van der Waals surface area contributed by atoms with Crippen LogP contribution in [0.5, 0.6) is 0 Å². The molecule has 0 aromatic carbocycles. The third kappa shape index (κ3) is 3.98. The first kappa shape index (κ1) is 19.8. The molecule has 4 heterocycles. The van der Waals surface area contributed by atoms with Crippen molar-refractivity contribution in [3.63, 3.8) is 0 Å². The number of rotatable bonds is 5. The van der Waals surface area contributed by atoms with E-state index < -0.39 is 0 Å². The summed E-state index contributed by atoms with van der Waals surface area (Å²) in [5.74, 6) is 0.242. The van der Waals surface area contributed by atoms with E-state index in [0.717, 1.165) is 61.0 Å². The van der Waals surface area contributed by atoms with Gasteiger partial charge in [-0.2, -0.15) is 5.10 Å². The van der Waals surface area contributed by atoms with Crippen LogP contribution in [0.4, 0.5) is 10.3 Å². The third-order valence-electron chi connectivity index (χ3n) is 5.94. The second-order valence-electron chi connectivity index (χ2n) is 7.77. The van der Waals surface area contributed by atoms with Crippen LogP contribution < -0.4 is 15.1 Å². The van der Waals surface area contributed by atoms with E-state index in [9.17, 15) is 9.59 Å². The number of aryl methyl sites for hydroxylation is 2. The highest BCUT2D eigenvalue weighted by Crippen LogP contribution is 2.32. The number of amides is 2. The molecule has 0 spiro atoms. The molecule has 10 heteroatoms. The summed E-state index contributed by atoms with van der Waals surface area (Å²) in [6, 6.07) is 0. The van der Waals surface area contributed by atoms with Gasteiger partial charge in [-0.05, 0) is 33.1 Å². The van der Waals surface area contributed by atoms with Crippen LogP contribution in [0, 0.1) is 19.8 Å². The minimum absolute atomic E-state index is 0.0103. The Labute approximate surface area is 174 Å². The summed E-state index contributed by atoms with van der Waals surface area (Å²) in [4.78, 5) is 28.4. The molecule has 2 aliphatic heterocycles. The van der Waals surface area contributed by atoms with Crippen LogP contribution in [-0.2, 0) is 23.2 Å². The zero-order chi connectivity index (χ0) is 20.5. The molecule has 4 rings (SSSR count). The van der Waals surface area contributed by atoms with Crippen LogP contribution in [-0.4, -0.2) is 51.4 Å². The van der Waals surface area contributed by atoms with E-state index in [1.54, 1.807) is 4.90 Å². The SMILES string of the molecule is Cc1nn(C)c(C)c1CNC(=O)C1CCN(c2nnc(N3CCCC3=O)s2)CC1. The molecule has 0 atom stereocenters. The standard InChI is InChI=1S/C19H27N7O2S/c1-12-15(13(2)24(3)23-12)11-20-17(28)14-6-9-25(10-7-14)18-21-22-19(29-18)26-8-4-5-16(26)27/h14H,4-11H2,1-3H3,(H,20,28). The van der Waals surface area contributed by atoms with Gasteiger partial charge in [0.15, 0.2) is 0 Å². The maximum absolute atomic E-state index is 12.6. The van der Waals surface area contributed by atoms with Crippen LogP contribution in [0.3, 0.4) is 0 Å². The van der Waals surface area contributed by atoms with Gasteiger partial charge < -0.3 is 10.2 Å². The van der Waals surface area contributed by atoms with Crippen LogP contribution in [0.25, 0.3) is 0 Å². The Bertz CT molecular complexity index is 914. The van der Waals surface area contributed by atoms with Crippen LogP contribution >= 0.6 is 11.3 Å². The second-order valence-corrected chi connectivity index (χ2v) is 8.70. The number of hydrogen-bond acceptors (Lipinski definition) is 7. The Kier molecular flexibility index (Phi) is 5.53. The van der Waals surface area contributed by atoms with E-state index in [2.05, 4.69) is 25.5 Å². The van der Waals surface area contributed by atoms with Gasteiger partial charge in [0.05, 0.1) is 5.69 Å². The fourth-order valence-corrected chi connectivity index (χ4v) is 4.96. The van der Waals surface area contributed by atoms with E-state index in [0.29, 0.717) is 18.1 Å². The first-order chi connectivity index (χ1) is 13.9. The molecule has 9 nitrogen and oxygen atoms in total. The monoisotopic (exact) mass is 417 g/mol. The van der Waals surface area contributed by atoms with E-state index in [1.165, 1.54) is 11.3 Å². The Morgan fingerprint density at radius 3 is 2.52 bits per heavy atom. The molecule has 0 saturated carbocycles. The highest BCUT2D eigenvalue weighted by atomic mass is 32.1. The number of piperidine rings is 1. The molecule has 0 radical (unpaired) electrons. The number of hydrogen-bond donors (Lipinski definition) is 1. The lowest BCUT2D eigenvalue weighted by Crippen LogP contribution is -2.40. The van der Waals surface area contributed by atoms with Crippen LogP contribution in [0.15, 0.2) is 0 Å². The molecule has 2 aliphatic rings. The number of carbonyl (C=O) groups is 2. The minimum Gasteiger partial charge on any atom is -0.352 e. The van der Waals surface area contributed by atoms with Gasteiger partial charge in [-0.15, -0.1) is 10.2 Å². The molecule has 29 heavy (non-hydrogen) atoms. The maximum Gasteiger partial charge on any atom is 0.228 e. The average Bonchev–Trinajstić information content (AvgIpc) is 3.41. The number of anilines is 2. The molecule has 2 fully saturated rings. The zero-order valence-electron chi connectivity index (χ0n) is 17.1. The van der Waals surface area contributed by atoms with Crippen molar-refractivity contribution in [1.29, 1.82) is 0 Å². The predicted octanol–water partition coefficient (Wildman–Crippen LogP) is 1.55. The molecule has 2 saturated heterocycles. The fourth-order valence-electron chi connectivity index (χ4n) is 4.02.